The third-order valence-electron chi connectivity index (χ3n) is 2.17. The second-order valence-corrected chi connectivity index (χ2v) is 4.37. The van der Waals surface area contributed by atoms with Crippen molar-refractivity contribution in [1.82, 2.24) is 0 Å². The molecule has 1 atom stereocenters. The molecule has 3 heteroatoms. The van der Waals surface area contributed by atoms with Crippen LogP contribution in [0.4, 0.5) is 0 Å². The highest BCUT2D eigenvalue weighted by atomic mass is 32.2. The molecule has 0 aliphatic rings. The van der Waals surface area contributed by atoms with E-state index in [1.807, 2.05) is 6.26 Å². The Morgan fingerprint density at radius 1 is 1.31 bits per heavy atom. The summed E-state index contributed by atoms with van der Waals surface area (Å²) in [5.41, 5.74) is 5.23. The van der Waals surface area contributed by atoms with Gasteiger partial charge >= 0.3 is 0 Å². The van der Waals surface area contributed by atoms with Gasteiger partial charge in [-0.25, -0.2) is 0 Å². The number of amides is 1. The highest BCUT2D eigenvalue weighted by Crippen LogP contribution is 2.15. The van der Waals surface area contributed by atoms with Crippen molar-refractivity contribution < 1.29 is 4.79 Å². The summed E-state index contributed by atoms with van der Waals surface area (Å²) in [4.78, 5) is 10.9. The van der Waals surface area contributed by atoms with Gasteiger partial charge in [0.05, 0.1) is 5.25 Å². The number of unbranched alkanes of at least 4 members (excludes halogenated alkanes) is 4. The fourth-order valence-electron chi connectivity index (χ4n) is 1.31. The first kappa shape index (κ1) is 12.8. The summed E-state index contributed by atoms with van der Waals surface area (Å²) >= 11 is 1.57. The van der Waals surface area contributed by atoms with Crippen molar-refractivity contribution in [3.8, 4) is 0 Å². The van der Waals surface area contributed by atoms with Gasteiger partial charge in [-0.15, -0.1) is 0 Å². The van der Waals surface area contributed by atoms with Crippen LogP contribution in [0.2, 0.25) is 0 Å². The van der Waals surface area contributed by atoms with Crippen molar-refractivity contribution in [1.29, 1.82) is 0 Å². The van der Waals surface area contributed by atoms with Crippen LogP contribution in [0.3, 0.4) is 0 Å². The molecule has 0 spiro atoms. The molecule has 0 radical (unpaired) electrons. The molecule has 0 saturated heterocycles. The maximum Gasteiger partial charge on any atom is 0.230 e. The molecule has 2 N–H and O–H groups in total. The Bertz CT molecular complexity index is 139. The number of carbonyl (C=O) groups excluding carboxylic acids is 1. The summed E-state index contributed by atoms with van der Waals surface area (Å²) in [6.07, 6.45) is 9.12. The van der Waals surface area contributed by atoms with Crippen molar-refractivity contribution in [3.05, 3.63) is 0 Å². The zero-order valence-corrected chi connectivity index (χ0v) is 9.53. The lowest BCUT2D eigenvalue weighted by atomic mass is 10.1. The molecule has 0 aliphatic carbocycles. The lowest BCUT2D eigenvalue weighted by Gasteiger charge is -2.09. The zero-order valence-electron chi connectivity index (χ0n) is 8.71. The second kappa shape index (κ2) is 8.42. The van der Waals surface area contributed by atoms with Gasteiger partial charge in [0.1, 0.15) is 0 Å². The lowest BCUT2D eigenvalue weighted by Crippen LogP contribution is -2.25. The van der Waals surface area contributed by atoms with Crippen LogP contribution in [0.15, 0.2) is 0 Å². The van der Waals surface area contributed by atoms with Crippen molar-refractivity contribution in [2.24, 2.45) is 5.73 Å². The monoisotopic (exact) mass is 203 g/mol. The van der Waals surface area contributed by atoms with Gasteiger partial charge in [0.2, 0.25) is 5.91 Å². The number of thioether (sulfide) groups is 1. The average molecular weight is 203 g/mol. The number of primary amides is 1. The summed E-state index contributed by atoms with van der Waals surface area (Å²) in [6.45, 7) is 2.20. The van der Waals surface area contributed by atoms with Gasteiger partial charge < -0.3 is 5.73 Å². The molecular weight excluding hydrogens is 182 g/mol. The molecule has 0 aromatic carbocycles. The number of hydrogen-bond donors (Lipinski definition) is 1. The van der Waals surface area contributed by atoms with Crippen LogP contribution in [0.5, 0.6) is 0 Å². The van der Waals surface area contributed by atoms with Gasteiger partial charge in [0.25, 0.3) is 0 Å². The molecular formula is C10H21NOS. The van der Waals surface area contributed by atoms with Gasteiger partial charge in [-0.3, -0.25) is 4.79 Å². The SMILES string of the molecule is CCCCCCCC(SC)C(N)=O. The molecule has 2 nitrogen and oxygen atoms in total. The van der Waals surface area contributed by atoms with Gasteiger partial charge in [0, 0.05) is 0 Å². The predicted octanol–water partition coefficient (Wildman–Crippen LogP) is 2.56. The third-order valence-corrected chi connectivity index (χ3v) is 3.21. The second-order valence-electron chi connectivity index (χ2n) is 3.33. The fraction of sp³-hybridized carbons (Fsp3) is 0.900. The van der Waals surface area contributed by atoms with E-state index in [1.165, 1.54) is 25.7 Å². The highest BCUT2D eigenvalue weighted by molar-refractivity contribution is 7.99. The van der Waals surface area contributed by atoms with Gasteiger partial charge in [-0.1, -0.05) is 39.0 Å². The quantitative estimate of drug-likeness (QED) is 0.616. The van der Waals surface area contributed by atoms with Crippen LogP contribution in [0.25, 0.3) is 0 Å². The molecule has 1 amide bonds. The summed E-state index contributed by atoms with van der Waals surface area (Å²) in [7, 11) is 0. The molecule has 0 bridgehead atoms. The number of rotatable bonds is 8. The van der Waals surface area contributed by atoms with E-state index in [-0.39, 0.29) is 11.2 Å². The third kappa shape index (κ3) is 6.94. The van der Waals surface area contributed by atoms with E-state index < -0.39 is 0 Å². The van der Waals surface area contributed by atoms with E-state index in [0.29, 0.717) is 0 Å². The Hall–Kier alpha value is -0.180. The highest BCUT2D eigenvalue weighted by Gasteiger charge is 2.11. The molecule has 78 valence electrons. The minimum absolute atomic E-state index is 0.0293. The minimum Gasteiger partial charge on any atom is -0.369 e. The molecule has 0 aliphatic heterocycles. The molecule has 0 saturated carbocycles. The maximum atomic E-state index is 10.9. The summed E-state index contributed by atoms with van der Waals surface area (Å²) in [6, 6.07) is 0. The normalized spacial score (nSPS) is 12.8. The molecule has 0 heterocycles. The minimum atomic E-state index is -0.164. The first-order valence-electron chi connectivity index (χ1n) is 5.04. The van der Waals surface area contributed by atoms with E-state index in [2.05, 4.69) is 6.92 Å². The number of nitrogens with two attached hydrogens (primary N) is 1. The predicted molar refractivity (Wildman–Crippen MR) is 59.9 cm³/mol. The molecule has 0 rings (SSSR count). The first-order valence-corrected chi connectivity index (χ1v) is 6.33. The Labute approximate surface area is 85.6 Å². The van der Waals surface area contributed by atoms with E-state index in [0.717, 1.165) is 12.8 Å². The van der Waals surface area contributed by atoms with Crippen molar-refractivity contribution in [3.63, 3.8) is 0 Å². The van der Waals surface area contributed by atoms with Crippen LogP contribution in [-0.2, 0) is 4.79 Å². The van der Waals surface area contributed by atoms with E-state index in [9.17, 15) is 4.79 Å². The van der Waals surface area contributed by atoms with Gasteiger partial charge in [-0.05, 0) is 12.7 Å². The van der Waals surface area contributed by atoms with Crippen LogP contribution < -0.4 is 5.73 Å². The van der Waals surface area contributed by atoms with Crippen molar-refractivity contribution >= 4 is 17.7 Å². The van der Waals surface area contributed by atoms with Gasteiger partial charge in [-0.2, -0.15) is 11.8 Å². The molecule has 0 fully saturated rings. The smallest absolute Gasteiger partial charge is 0.230 e. The Morgan fingerprint density at radius 2 is 1.92 bits per heavy atom. The van der Waals surface area contributed by atoms with E-state index in [1.54, 1.807) is 11.8 Å². The summed E-state index contributed by atoms with van der Waals surface area (Å²) in [5.74, 6) is -0.164. The summed E-state index contributed by atoms with van der Waals surface area (Å²) < 4.78 is 0. The Balaban J connectivity index is 3.33. The largest absolute Gasteiger partial charge is 0.369 e. The standard InChI is InChI=1S/C10H21NOS/c1-3-4-5-6-7-8-9(13-2)10(11)12/h9H,3-8H2,1-2H3,(H2,11,12). The molecule has 0 aromatic rings. The maximum absolute atomic E-state index is 10.9. The van der Waals surface area contributed by atoms with Crippen LogP contribution in [0, 0.1) is 0 Å². The van der Waals surface area contributed by atoms with Crippen LogP contribution >= 0.6 is 11.8 Å². The van der Waals surface area contributed by atoms with Gasteiger partial charge in [0.15, 0.2) is 0 Å². The number of hydrogen-bond acceptors (Lipinski definition) is 2. The van der Waals surface area contributed by atoms with E-state index >= 15 is 0 Å². The molecule has 1 unspecified atom stereocenters. The van der Waals surface area contributed by atoms with E-state index in [4.69, 9.17) is 5.73 Å². The number of carbonyl (C=O) groups is 1. The summed E-state index contributed by atoms with van der Waals surface area (Å²) in [5, 5.41) is 0.0293. The van der Waals surface area contributed by atoms with Crippen LogP contribution in [-0.4, -0.2) is 17.4 Å². The lowest BCUT2D eigenvalue weighted by molar-refractivity contribution is -0.117. The topological polar surface area (TPSA) is 43.1 Å². The Morgan fingerprint density at radius 3 is 2.38 bits per heavy atom. The molecule has 0 aromatic heterocycles. The van der Waals surface area contributed by atoms with Crippen LogP contribution in [0.1, 0.15) is 45.4 Å². The first-order chi connectivity index (χ1) is 6.22. The fourth-order valence-corrected chi connectivity index (χ4v) is 1.94. The average Bonchev–Trinajstić information content (AvgIpc) is 2.10. The zero-order chi connectivity index (χ0) is 10.1. The van der Waals surface area contributed by atoms with Crippen molar-refractivity contribution in [2.75, 3.05) is 6.26 Å². The molecule has 13 heavy (non-hydrogen) atoms. The Kier molecular flexibility index (Phi) is 8.30. The van der Waals surface area contributed by atoms with Crippen molar-refractivity contribution in [2.45, 2.75) is 50.7 Å².